The number of hydrogen-bond acceptors (Lipinski definition) is 5. The maximum Gasteiger partial charge on any atom is 0.323 e. The van der Waals surface area contributed by atoms with Gasteiger partial charge in [-0.05, 0) is 55.2 Å². The molecule has 1 aliphatic rings. The van der Waals surface area contributed by atoms with Gasteiger partial charge in [0.15, 0.2) is 0 Å². The Kier molecular flexibility index (Phi) is 6.04. The van der Waals surface area contributed by atoms with Crippen LogP contribution in [0.15, 0.2) is 72.8 Å². The second-order valence-electron chi connectivity index (χ2n) is 8.10. The van der Waals surface area contributed by atoms with Gasteiger partial charge in [-0.25, -0.2) is 4.79 Å². The second-order valence-corrected chi connectivity index (χ2v) is 8.10. The molecule has 2 heterocycles. The monoisotopic (exact) mass is 416 g/mol. The molecular formula is C24H28N6O. The lowest BCUT2D eigenvalue weighted by Crippen LogP contribution is -2.38. The van der Waals surface area contributed by atoms with Crippen molar-refractivity contribution >= 4 is 33.9 Å². The van der Waals surface area contributed by atoms with Crippen molar-refractivity contribution in [3.05, 3.63) is 72.8 Å². The second kappa shape index (κ2) is 9.06. The zero-order chi connectivity index (χ0) is 21.8. The Bertz CT molecular complexity index is 1090. The highest BCUT2D eigenvalue weighted by atomic mass is 16.2. The van der Waals surface area contributed by atoms with Crippen molar-refractivity contribution in [1.82, 2.24) is 15.5 Å². The average Bonchev–Trinajstić information content (AvgIpc) is 3.13. The Morgan fingerprint density at radius 1 is 1.10 bits per heavy atom. The first kappa shape index (κ1) is 20.7. The van der Waals surface area contributed by atoms with Gasteiger partial charge < -0.3 is 16.1 Å². The summed E-state index contributed by atoms with van der Waals surface area (Å²) in [5.74, 6) is 0.670. The van der Waals surface area contributed by atoms with Gasteiger partial charge in [0.2, 0.25) is 0 Å². The molecule has 0 aliphatic carbocycles. The van der Waals surface area contributed by atoms with E-state index in [4.69, 9.17) is 0 Å². The van der Waals surface area contributed by atoms with E-state index in [-0.39, 0.29) is 6.03 Å². The van der Waals surface area contributed by atoms with Gasteiger partial charge >= 0.3 is 6.03 Å². The van der Waals surface area contributed by atoms with Crippen molar-refractivity contribution in [3.8, 4) is 0 Å². The maximum absolute atomic E-state index is 12.5. The quantitative estimate of drug-likeness (QED) is 0.507. The number of pyridine rings is 1. The van der Waals surface area contributed by atoms with E-state index in [2.05, 4.69) is 46.1 Å². The fourth-order valence-electron chi connectivity index (χ4n) is 3.55. The SMILES string of the molecule is CC(C)CCC1=CN(c2ccc(NC(=O)Nc3cccc4cnccc34)cc2)N(C)N1. The number of allylic oxidation sites excluding steroid dienone is 1. The molecule has 0 saturated carbocycles. The topological polar surface area (TPSA) is 72.5 Å². The third-order valence-electron chi connectivity index (χ3n) is 5.22. The summed E-state index contributed by atoms with van der Waals surface area (Å²) in [5, 5.41) is 11.8. The number of amides is 2. The number of aromatic nitrogens is 1. The van der Waals surface area contributed by atoms with Crippen LogP contribution in [0.4, 0.5) is 21.9 Å². The molecule has 0 bridgehead atoms. The molecule has 31 heavy (non-hydrogen) atoms. The van der Waals surface area contributed by atoms with Gasteiger partial charge in [-0.2, -0.15) is 0 Å². The summed E-state index contributed by atoms with van der Waals surface area (Å²) < 4.78 is 0. The third kappa shape index (κ3) is 4.95. The maximum atomic E-state index is 12.5. The van der Waals surface area contributed by atoms with Crippen molar-refractivity contribution < 1.29 is 4.79 Å². The Morgan fingerprint density at radius 3 is 2.68 bits per heavy atom. The Labute approximate surface area is 182 Å². The normalized spacial score (nSPS) is 13.9. The van der Waals surface area contributed by atoms with E-state index >= 15 is 0 Å². The number of rotatable bonds is 6. The van der Waals surface area contributed by atoms with Crippen LogP contribution in [0.5, 0.6) is 0 Å². The first-order chi connectivity index (χ1) is 15.0. The molecule has 0 atom stereocenters. The number of carbonyl (C=O) groups excluding carboxylic acids is 1. The minimum atomic E-state index is -0.284. The molecule has 0 unspecified atom stereocenters. The Balaban J connectivity index is 1.40. The fraction of sp³-hybridized carbons (Fsp3) is 0.250. The summed E-state index contributed by atoms with van der Waals surface area (Å²) in [6.45, 7) is 4.46. The van der Waals surface area contributed by atoms with E-state index in [1.54, 1.807) is 12.4 Å². The molecule has 2 aromatic carbocycles. The van der Waals surface area contributed by atoms with E-state index in [9.17, 15) is 4.79 Å². The van der Waals surface area contributed by atoms with Crippen molar-refractivity contribution in [2.45, 2.75) is 26.7 Å². The average molecular weight is 417 g/mol. The molecule has 4 rings (SSSR count). The first-order valence-corrected chi connectivity index (χ1v) is 10.5. The van der Waals surface area contributed by atoms with E-state index < -0.39 is 0 Å². The zero-order valence-corrected chi connectivity index (χ0v) is 18.1. The molecular weight excluding hydrogens is 388 g/mol. The Morgan fingerprint density at radius 2 is 1.90 bits per heavy atom. The summed E-state index contributed by atoms with van der Waals surface area (Å²) in [6.07, 6.45) is 7.78. The standard InChI is InChI=1S/C24H28N6O/c1-17(2)7-8-20-16-30(29(3)28-20)21-11-9-19(10-12-21)26-24(31)27-23-6-4-5-18-15-25-14-13-22(18)23/h4-6,9-17,28H,7-8H2,1-3H3,(H2,26,27,31). The summed E-state index contributed by atoms with van der Waals surface area (Å²) in [4.78, 5) is 16.6. The summed E-state index contributed by atoms with van der Waals surface area (Å²) in [7, 11) is 1.98. The first-order valence-electron chi connectivity index (χ1n) is 10.5. The van der Waals surface area contributed by atoms with Crippen LogP contribution in [0.25, 0.3) is 10.8 Å². The highest BCUT2D eigenvalue weighted by molar-refractivity contribution is 6.06. The van der Waals surface area contributed by atoms with Gasteiger partial charge in [0, 0.05) is 47.8 Å². The van der Waals surface area contributed by atoms with Crippen molar-refractivity contribution in [2.75, 3.05) is 22.7 Å². The number of hydrazine groups is 2. The zero-order valence-electron chi connectivity index (χ0n) is 18.1. The van der Waals surface area contributed by atoms with Crippen molar-refractivity contribution in [3.63, 3.8) is 0 Å². The molecule has 0 saturated heterocycles. The predicted octanol–water partition coefficient (Wildman–Crippen LogP) is 5.33. The van der Waals surface area contributed by atoms with Crippen LogP contribution in [0, 0.1) is 5.92 Å². The molecule has 1 aromatic heterocycles. The minimum absolute atomic E-state index is 0.284. The number of fused-ring (bicyclic) bond motifs is 1. The van der Waals surface area contributed by atoms with Crippen LogP contribution < -0.4 is 21.1 Å². The van der Waals surface area contributed by atoms with Crippen molar-refractivity contribution in [2.24, 2.45) is 5.92 Å². The number of benzene rings is 2. The van der Waals surface area contributed by atoms with E-state index in [0.29, 0.717) is 5.92 Å². The van der Waals surface area contributed by atoms with Crippen LogP contribution >= 0.6 is 0 Å². The lowest BCUT2D eigenvalue weighted by molar-refractivity contribution is 0.262. The minimum Gasteiger partial charge on any atom is -0.308 e. The number of nitrogens with zero attached hydrogens (tertiary/aromatic N) is 3. The molecule has 0 fully saturated rings. The Hall–Kier alpha value is -3.58. The van der Waals surface area contributed by atoms with Crippen LogP contribution in [0.3, 0.4) is 0 Å². The third-order valence-corrected chi connectivity index (χ3v) is 5.22. The molecule has 7 heteroatoms. The molecule has 3 aromatic rings. The lowest BCUT2D eigenvalue weighted by atomic mass is 10.1. The van der Waals surface area contributed by atoms with E-state index in [1.807, 2.05) is 60.7 Å². The van der Waals surface area contributed by atoms with Crippen LogP contribution in [-0.2, 0) is 0 Å². The molecule has 160 valence electrons. The number of carbonyl (C=O) groups is 1. The number of urea groups is 1. The van der Waals surface area contributed by atoms with Crippen LogP contribution in [-0.4, -0.2) is 23.2 Å². The van der Waals surface area contributed by atoms with Gasteiger partial charge in [-0.15, -0.1) is 5.12 Å². The van der Waals surface area contributed by atoms with Gasteiger partial charge in [0.1, 0.15) is 0 Å². The summed E-state index contributed by atoms with van der Waals surface area (Å²) in [6, 6.07) is 15.1. The van der Waals surface area contributed by atoms with Crippen molar-refractivity contribution in [1.29, 1.82) is 0 Å². The highest BCUT2D eigenvalue weighted by Crippen LogP contribution is 2.25. The highest BCUT2D eigenvalue weighted by Gasteiger charge is 2.19. The molecule has 0 spiro atoms. The lowest BCUT2D eigenvalue weighted by Gasteiger charge is -2.24. The molecule has 3 N–H and O–H groups in total. The largest absolute Gasteiger partial charge is 0.323 e. The van der Waals surface area contributed by atoms with Gasteiger partial charge in [0.05, 0.1) is 11.4 Å². The summed E-state index contributed by atoms with van der Waals surface area (Å²) >= 11 is 0. The van der Waals surface area contributed by atoms with Crippen LogP contribution in [0.1, 0.15) is 26.7 Å². The van der Waals surface area contributed by atoms with Gasteiger partial charge in [-0.3, -0.25) is 9.99 Å². The number of hydrogen-bond donors (Lipinski definition) is 3. The smallest absolute Gasteiger partial charge is 0.308 e. The molecule has 0 radical (unpaired) electrons. The van der Waals surface area contributed by atoms with Gasteiger partial charge in [0.25, 0.3) is 0 Å². The van der Waals surface area contributed by atoms with Crippen LogP contribution in [0.2, 0.25) is 0 Å². The number of anilines is 3. The predicted molar refractivity (Wildman–Crippen MR) is 126 cm³/mol. The molecule has 7 nitrogen and oxygen atoms in total. The molecule has 1 aliphatic heterocycles. The molecule has 2 amide bonds. The summed E-state index contributed by atoms with van der Waals surface area (Å²) in [5.41, 5.74) is 7.07. The van der Waals surface area contributed by atoms with Gasteiger partial charge in [-0.1, -0.05) is 26.0 Å². The number of nitrogens with one attached hydrogen (secondary N) is 3. The van der Waals surface area contributed by atoms with E-state index in [0.717, 1.165) is 40.7 Å². The fourth-order valence-corrected chi connectivity index (χ4v) is 3.55. The van der Waals surface area contributed by atoms with E-state index in [1.165, 1.54) is 5.70 Å².